The lowest BCUT2D eigenvalue weighted by Gasteiger charge is -2.05. The van der Waals surface area contributed by atoms with Crippen LogP contribution in [0.2, 0.25) is 0 Å². The first kappa shape index (κ1) is 17.4. The van der Waals surface area contributed by atoms with Gasteiger partial charge in [0.15, 0.2) is 0 Å². The first-order valence-corrected chi connectivity index (χ1v) is 6.88. The molecule has 0 rings (SSSR count). The van der Waals surface area contributed by atoms with E-state index in [9.17, 15) is 14.4 Å². The van der Waals surface area contributed by atoms with Crippen molar-refractivity contribution in [3.05, 3.63) is 0 Å². The Morgan fingerprint density at radius 1 is 0.842 bits per heavy atom. The van der Waals surface area contributed by atoms with Gasteiger partial charge in [-0.25, -0.2) is 0 Å². The van der Waals surface area contributed by atoms with Crippen LogP contribution in [0.5, 0.6) is 0 Å². The van der Waals surface area contributed by atoms with Gasteiger partial charge in [-0.1, -0.05) is 13.3 Å². The molecule has 0 spiro atoms. The van der Waals surface area contributed by atoms with Crippen LogP contribution in [0.3, 0.4) is 0 Å². The first-order chi connectivity index (χ1) is 9.06. The second-order valence-electron chi connectivity index (χ2n) is 4.48. The van der Waals surface area contributed by atoms with Crippen molar-refractivity contribution in [2.45, 2.75) is 51.9 Å². The molecule has 3 amide bonds. The van der Waals surface area contributed by atoms with Crippen molar-refractivity contribution in [1.29, 1.82) is 0 Å². The molecular weight excluding hydrogens is 246 g/mol. The molecule has 6 nitrogen and oxygen atoms in total. The minimum Gasteiger partial charge on any atom is -0.370 e. The van der Waals surface area contributed by atoms with Gasteiger partial charge < -0.3 is 16.4 Å². The molecule has 0 saturated heterocycles. The maximum absolute atomic E-state index is 11.4. The number of carbonyl (C=O) groups is 3. The summed E-state index contributed by atoms with van der Waals surface area (Å²) < 4.78 is 0. The van der Waals surface area contributed by atoms with Gasteiger partial charge in [0.05, 0.1) is 0 Å². The van der Waals surface area contributed by atoms with E-state index in [2.05, 4.69) is 10.6 Å². The lowest BCUT2D eigenvalue weighted by molar-refractivity contribution is -0.126. The molecule has 0 aliphatic carbocycles. The van der Waals surface area contributed by atoms with E-state index < -0.39 is 0 Å². The fraction of sp³-hybridized carbons (Fsp3) is 0.769. The van der Waals surface area contributed by atoms with E-state index in [1.165, 1.54) is 0 Å². The monoisotopic (exact) mass is 271 g/mol. The molecule has 0 aliphatic heterocycles. The molecule has 0 fully saturated rings. The Balaban J connectivity index is 3.39. The number of nitrogens with two attached hydrogens (primary N) is 1. The van der Waals surface area contributed by atoms with Crippen LogP contribution in [-0.2, 0) is 14.4 Å². The zero-order chi connectivity index (χ0) is 14.5. The van der Waals surface area contributed by atoms with Crippen LogP contribution in [0, 0.1) is 0 Å². The Bertz CT molecular complexity index is 293. The van der Waals surface area contributed by atoms with Gasteiger partial charge >= 0.3 is 0 Å². The summed E-state index contributed by atoms with van der Waals surface area (Å²) in [5.41, 5.74) is 5.01. The fourth-order valence-corrected chi connectivity index (χ4v) is 1.50. The summed E-state index contributed by atoms with van der Waals surface area (Å²) in [6, 6.07) is 0. The van der Waals surface area contributed by atoms with Crippen molar-refractivity contribution < 1.29 is 14.4 Å². The van der Waals surface area contributed by atoms with E-state index in [1.807, 2.05) is 6.92 Å². The van der Waals surface area contributed by atoms with E-state index in [1.54, 1.807) is 0 Å². The molecule has 0 heterocycles. The van der Waals surface area contributed by atoms with Crippen molar-refractivity contribution in [2.24, 2.45) is 5.73 Å². The topological polar surface area (TPSA) is 101 Å². The van der Waals surface area contributed by atoms with Gasteiger partial charge in [0.1, 0.15) is 0 Å². The minimum absolute atomic E-state index is 0.0848. The average Bonchev–Trinajstić information content (AvgIpc) is 2.37. The first-order valence-electron chi connectivity index (χ1n) is 6.88. The largest absolute Gasteiger partial charge is 0.370 e. The molecular formula is C13H25N3O3. The number of rotatable bonds is 11. The van der Waals surface area contributed by atoms with Crippen LogP contribution in [-0.4, -0.2) is 30.8 Å². The highest BCUT2D eigenvalue weighted by Gasteiger charge is 2.05. The van der Waals surface area contributed by atoms with Crippen LogP contribution in [0.4, 0.5) is 0 Å². The number of hydrogen-bond donors (Lipinski definition) is 3. The molecule has 0 aromatic carbocycles. The third kappa shape index (κ3) is 12.7. The van der Waals surface area contributed by atoms with Crippen LogP contribution in [0.25, 0.3) is 0 Å². The molecule has 0 unspecified atom stereocenters. The molecule has 0 bridgehead atoms. The number of unbranched alkanes of at least 4 members (excludes halogenated alkanes) is 2. The van der Waals surface area contributed by atoms with Crippen LogP contribution in [0.15, 0.2) is 0 Å². The molecule has 0 saturated carbocycles. The van der Waals surface area contributed by atoms with Gasteiger partial charge in [0.2, 0.25) is 17.7 Å². The van der Waals surface area contributed by atoms with Gasteiger partial charge in [-0.05, 0) is 19.3 Å². The molecule has 0 aliphatic rings. The maximum atomic E-state index is 11.4. The van der Waals surface area contributed by atoms with Crippen molar-refractivity contribution in [3.63, 3.8) is 0 Å². The van der Waals surface area contributed by atoms with Crippen molar-refractivity contribution in [1.82, 2.24) is 10.6 Å². The summed E-state index contributed by atoms with van der Waals surface area (Å²) in [6.45, 7) is 3.21. The Hall–Kier alpha value is -1.59. The quantitative estimate of drug-likeness (QED) is 0.476. The number of amides is 3. The van der Waals surface area contributed by atoms with Gasteiger partial charge in [-0.2, -0.15) is 0 Å². The number of nitrogens with one attached hydrogen (secondary N) is 2. The molecule has 19 heavy (non-hydrogen) atoms. The van der Waals surface area contributed by atoms with E-state index >= 15 is 0 Å². The lowest BCUT2D eigenvalue weighted by Crippen LogP contribution is -2.28. The van der Waals surface area contributed by atoms with Crippen molar-refractivity contribution >= 4 is 17.7 Å². The van der Waals surface area contributed by atoms with Crippen molar-refractivity contribution in [2.75, 3.05) is 13.1 Å². The Morgan fingerprint density at radius 2 is 1.42 bits per heavy atom. The summed E-state index contributed by atoms with van der Waals surface area (Å²) in [4.78, 5) is 33.1. The molecule has 110 valence electrons. The fourth-order valence-electron chi connectivity index (χ4n) is 1.50. The summed E-state index contributed by atoms with van der Waals surface area (Å²) in [5.74, 6) is -0.484. The Kier molecular flexibility index (Phi) is 10.5. The summed E-state index contributed by atoms with van der Waals surface area (Å²) in [6.07, 6.45) is 4.17. The third-order valence-electron chi connectivity index (χ3n) is 2.57. The molecule has 6 heteroatoms. The average molecular weight is 271 g/mol. The number of hydrogen-bond acceptors (Lipinski definition) is 3. The second-order valence-corrected chi connectivity index (χ2v) is 4.48. The SMILES string of the molecule is CCCNC(=O)CCC(=O)NCCCCCC(N)=O. The zero-order valence-electron chi connectivity index (χ0n) is 11.7. The van der Waals surface area contributed by atoms with Gasteiger partial charge in [0, 0.05) is 32.4 Å². The normalized spacial score (nSPS) is 9.95. The van der Waals surface area contributed by atoms with E-state index in [0.717, 1.165) is 25.7 Å². The number of primary amides is 1. The summed E-state index contributed by atoms with van der Waals surface area (Å²) in [7, 11) is 0. The van der Waals surface area contributed by atoms with Gasteiger partial charge in [0.25, 0.3) is 0 Å². The number of carbonyl (C=O) groups excluding carboxylic acids is 3. The molecule has 0 aromatic heterocycles. The smallest absolute Gasteiger partial charge is 0.220 e. The molecule has 0 aromatic rings. The molecule has 0 atom stereocenters. The summed E-state index contributed by atoms with van der Waals surface area (Å²) in [5, 5.41) is 5.47. The molecule has 4 N–H and O–H groups in total. The highest BCUT2D eigenvalue weighted by molar-refractivity contribution is 5.83. The van der Waals surface area contributed by atoms with Gasteiger partial charge in [-0.3, -0.25) is 14.4 Å². The second kappa shape index (κ2) is 11.5. The van der Waals surface area contributed by atoms with Crippen molar-refractivity contribution in [3.8, 4) is 0 Å². The highest BCUT2D eigenvalue weighted by Crippen LogP contribution is 1.98. The van der Waals surface area contributed by atoms with E-state index in [-0.39, 0.29) is 30.6 Å². The van der Waals surface area contributed by atoms with Crippen LogP contribution in [0.1, 0.15) is 51.9 Å². The Labute approximate surface area is 114 Å². The summed E-state index contributed by atoms with van der Waals surface area (Å²) >= 11 is 0. The van der Waals surface area contributed by atoms with Gasteiger partial charge in [-0.15, -0.1) is 0 Å². The molecule has 0 radical (unpaired) electrons. The van der Waals surface area contributed by atoms with Crippen LogP contribution >= 0.6 is 0 Å². The lowest BCUT2D eigenvalue weighted by atomic mass is 10.2. The van der Waals surface area contributed by atoms with Crippen LogP contribution < -0.4 is 16.4 Å². The predicted molar refractivity (Wildman–Crippen MR) is 73.2 cm³/mol. The van der Waals surface area contributed by atoms with E-state index in [4.69, 9.17) is 5.73 Å². The predicted octanol–water partition coefficient (Wildman–Crippen LogP) is 0.455. The Morgan fingerprint density at radius 3 is 1.95 bits per heavy atom. The standard InChI is InChI=1S/C13H25N3O3/c1-2-9-15-12(18)7-8-13(19)16-10-5-3-4-6-11(14)17/h2-10H2,1H3,(H2,14,17)(H,15,18)(H,16,19). The maximum Gasteiger partial charge on any atom is 0.220 e. The third-order valence-corrected chi connectivity index (χ3v) is 2.57. The minimum atomic E-state index is -0.290. The zero-order valence-corrected chi connectivity index (χ0v) is 11.7. The highest BCUT2D eigenvalue weighted by atomic mass is 16.2. The van der Waals surface area contributed by atoms with E-state index in [0.29, 0.717) is 19.5 Å².